The molecule has 1 aliphatic heterocycles. The molecule has 0 bridgehead atoms. The Labute approximate surface area is 67.6 Å². The van der Waals surface area contributed by atoms with E-state index in [0.29, 0.717) is 13.2 Å². The second-order valence-electron chi connectivity index (χ2n) is 2.70. The molecule has 11 heavy (non-hydrogen) atoms. The molecule has 0 aromatic rings. The molecule has 1 aliphatic rings. The van der Waals surface area contributed by atoms with E-state index in [9.17, 15) is 0 Å². The van der Waals surface area contributed by atoms with Crippen molar-refractivity contribution >= 4 is 0 Å². The maximum absolute atomic E-state index is 5.50. The summed E-state index contributed by atoms with van der Waals surface area (Å²) in [7, 11) is 0. The van der Waals surface area contributed by atoms with Gasteiger partial charge in [0.2, 0.25) is 0 Å². The van der Waals surface area contributed by atoms with Gasteiger partial charge in [-0.2, -0.15) is 0 Å². The molecule has 3 heteroatoms. The van der Waals surface area contributed by atoms with E-state index < -0.39 is 0 Å². The highest BCUT2D eigenvalue weighted by atomic mass is 16.7. The number of hydrogen-bond acceptors (Lipinski definition) is 3. The van der Waals surface area contributed by atoms with E-state index in [2.05, 4.69) is 0 Å². The quantitative estimate of drug-likeness (QED) is 0.607. The molecule has 66 valence electrons. The van der Waals surface area contributed by atoms with Gasteiger partial charge in [-0.25, -0.2) is 0 Å². The van der Waals surface area contributed by atoms with Gasteiger partial charge in [0, 0.05) is 13.0 Å². The minimum atomic E-state index is -0.0579. The molecule has 0 amide bonds. The highest BCUT2D eigenvalue weighted by molar-refractivity contribution is 4.56. The summed E-state index contributed by atoms with van der Waals surface area (Å²) < 4.78 is 16.1. The van der Waals surface area contributed by atoms with Crippen LogP contribution in [0.25, 0.3) is 0 Å². The van der Waals surface area contributed by atoms with Crippen LogP contribution in [0, 0.1) is 0 Å². The lowest BCUT2D eigenvalue weighted by atomic mass is 10.4. The third-order valence-corrected chi connectivity index (χ3v) is 1.59. The Morgan fingerprint density at radius 3 is 3.09 bits per heavy atom. The SMILES string of the molecule is CCO[C@@H]1CCOC[C@H](C)O1. The van der Waals surface area contributed by atoms with Gasteiger partial charge in [0.15, 0.2) is 6.29 Å². The third kappa shape index (κ3) is 3.18. The molecule has 0 saturated carbocycles. The van der Waals surface area contributed by atoms with Crippen molar-refractivity contribution in [1.29, 1.82) is 0 Å². The average Bonchev–Trinajstić information content (AvgIpc) is 2.15. The molecule has 1 heterocycles. The molecular weight excluding hydrogens is 144 g/mol. The summed E-state index contributed by atoms with van der Waals surface area (Å²) in [6.07, 6.45) is 0.949. The van der Waals surface area contributed by atoms with Crippen LogP contribution in [0.4, 0.5) is 0 Å². The van der Waals surface area contributed by atoms with Crippen molar-refractivity contribution in [1.82, 2.24) is 0 Å². The van der Waals surface area contributed by atoms with Gasteiger partial charge in [-0.3, -0.25) is 0 Å². The first-order valence-corrected chi connectivity index (χ1v) is 4.17. The number of hydrogen-bond donors (Lipinski definition) is 0. The van der Waals surface area contributed by atoms with Crippen LogP contribution in [-0.4, -0.2) is 32.2 Å². The van der Waals surface area contributed by atoms with E-state index in [-0.39, 0.29) is 12.4 Å². The van der Waals surface area contributed by atoms with Gasteiger partial charge in [-0.05, 0) is 13.8 Å². The van der Waals surface area contributed by atoms with E-state index in [4.69, 9.17) is 14.2 Å². The van der Waals surface area contributed by atoms with Gasteiger partial charge in [-0.1, -0.05) is 0 Å². The Morgan fingerprint density at radius 1 is 1.55 bits per heavy atom. The minimum absolute atomic E-state index is 0.0579. The zero-order valence-corrected chi connectivity index (χ0v) is 7.21. The van der Waals surface area contributed by atoms with Crippen LogP contribution in [0.3, 0.4) is 0 Å². The Kier molecular flexibility index (Phi) is 3.83. The molecule has 0 spiro atoms. The summed E-state index contributed by atoms with van der Waals surface area (Å²) in [5.74, 6) is 0. The Balaban J connectivity index is 2.27. The first-order chi connectivity index (χ1) is 5.33. The normalized spacial score (nSPS) is 33.3. The maximum Gasteiger partial charge on any atom is 0.160 e. The highest BCUT2D eigenvalue weighted by Gasteiger charge is 2.16. The van der Waals surface area contributed by atoms with Crippen LogP contribution in [0.15, 0.2) is 0 Å². The zero-order chi connectivity index (χ0) is 8.10. The van der Waals surface area contributed by atoms with Crippen molar-refractivity contribution in [3.63, 3.8) is 0 Å². The van der Waals surface area contributed by atoms with E-state index >= 15 is 0 Å². The molecule has 0 unspecified atom stereocenters. The Morgan fingerprint density at radius 2 is 2.36 bits per heavy atom. The first kappa shape index (κ1) is 8.97. The van der Waals surface area contributed by atoms with Crippen molar-refractivity contribution in [3.8, 4) is 0 Å². The van der Waals surface area contributed by atoms with Crippen molar-refractivity contribution < 1.29 is 14.2 Å². The standard InChI is InChI=1S/C8H16O3/c1-3-10-8-4-5-9-6-7(2)11-8/h7-8H,3-6H2,1-2H3/t7-,8-/m0/s1. The maximum atomic E-state index is 5.50. The average molecular weight is 160 g/mol. The van der Waals surface area contributed by atoms with E-state index in [1.807, 2.05) is 13.8 Å². The molecule has 0 aliphatic carbocycles. The molecule has 1 saturated heterocycles. The summed E-state index contributed by atoms with van der Waals surface area (Å²) in [6.45, 7) is 6.10. The summed E-state index contributed by atoms with van der Waals surface area (Å²) in [6, 6.07) is 0. The summed E-state index contributed by atoms with van der Waals surface area (Å²) >= 11 is 0. The fraction of sp³-hybridized carbons (Fsp3) is 1.00. The zero-order valence-electron chi connectivity index (χ0n) is 7.21. The lowest BCUT2D eigenvalue weighted by molar-refractivity contribution is -0.158. The summed E-state index contributed by atoms with van der Waals surface area (Å²) in [5.41, 5.74) is 0. The predicted octanol–water partition coefficient (Wildman–Crippen LogP) is 1.17. The van der Waals surface area contributed by atoms with Gasteiger partial charge in [0.05, 0.1) is 19.3 Å². The molecule has 3 nitrogen and oxygen atoms in total. The molecule has 1 fully saturated rings. The summed E-state index contributed by atoms with van der Waals surface area (Å²) in [4.78, 5) is 0. The van der Waals surface area contributed by atoms with Crippen LogP contribution in [-0.2, 0) is 14.2 Å². The smallest absolute Gasteiger partial charge is 0.160 e. The van der Waals surface area contributed by atoms with Gasteiger partial charge in [-0.15, -0.1) is 0 Å². The van der Waals surface area contributed by atoms with Crippen molar-refractivity contribution in [2.24, 2.45) is 0 Å². The lowest BCUT2D eigenvalue weighted by Gasteiger charge is -2.16. The fourth-order valence-electron chi connectivity index (χ4n) is 1.10. The largest absolute Gasteiger partial charge is 0.379 e. The van der Waals surface area contributed by atoms with Crippen LogP contribution in [0.1, 0.15) is 20.3 Å². The van der Waals surface area contributed by atoms with Crippen molar-refractivity contribution in [2.45, 2.75) is 32.7 Å². The molecule has 0 N–H and O–H groups in total. The fourth-order valence-corrected chi connectivity index (χ4v) is 1.10. The Bertz CT molecular complexity index is 106. The van der Waals surface area contributed by atoms with Gasteiger partial charge >= 0.3 is 0 Å². The van der Waals surface area contributed by atoms with Crippen LogP contribution in [0.5, 0.6) is 0 Å². The van der Waals surface area contributed by atoms with Gasteiger partial charge in [0.25, 0.3) is 0 Å². The monoisotopic (exact) mass is 160 g/mol. The topological polar surface area (TPSA) is 27.7 Å². The molecule has 0 radical (unpaired) electrons. The van der Waals surface area contributed by atoms with E-state index in [1.54, 1.807) is 0 Å². The van der Waals surface area contributed by atoms with E-state index in [1.165, 1.54) is 0 Å². The van der Waals surface area contributed by atoms with Gasteiger partial charge < -0.3 is 14.2 Å². The van der Waals surface area contributed by atoms with E-state index in [0.717, 1.165) is 13.0 Å². The highest BCUT2D eigenvalue weighted by Crippen LogP contribution is 2.09. The predicted molar refractivity (Wildman–Crippen MR) is 41.4 cm³/mol. The summed E-state index contributed by atoms with van der Waals surface area (Å²) in [5, 5.41) is 0. The second kappa shape index (κ2) is 4.70. The Hall–Kier alpha value is -0.120. The molecule has 2 atom stereocenters. The minimum Gasteiger partial charge on any atom is -0.379 e. The van der Waals surface area contributed by atoms with Crippen molar-refractivity contribution in [2.75, 3.05) is 19.8 Å². The molecule has 1 rings (SSSR count). The lowest BCUT2D eigenvalue weighted by Crippen LogP contribution is -2.22. The molecular formula is C8H16O3. The van der Waals surface area contributed by atoms with Gasteiger partial charge in [0.1, 0.15) is 0 Å². The molecule has 0 aromatic heterocycles. The van der Waals surface area contributed by atoms with Crippen LogP contribution < -0.4 is 0 Å². The second-order valence-corrected chi connectivity index (χ2v) is 2.70. The third-order valence-electron chi connectivity index (χ3n) is 1.59. The van der Waals surface area contributed by atoms with Crippen LogP contribution in [0.2, 0.25) is 0 Å². The van der Waals surface area contributed by atoms with Crippen molar-refractivity contribution in [3.05, 3.63) is 0 Å². The molecule has 0 aromatic carbocycles. The first-order valence-electron chi connectivity index (χ1n) is 4.17. The van der Waals surface area contributed by atoms with Crippen LogP contribution >= 0.6 is 0 Å². The number of ether oxygens (including phenoxy) is 3. The number of rotatable bonds is 2.